The van der Waals surface area contributed by atoms with Crippen LogP contribution in [0.1, 0.15) is 31.2 Å². The molecule has 1 saturated heterocycles. The Kier molecular flexibility index (Phi) is 6.30. The Labute approximate surface area is 134 Å². The van der Waals surface area contributed by atoms with Crippen molar-refractivity contribution in [2.45, 2.75) is 31.9 Å². The number of benzene rings is 1. The summed E-state index contributed by atoms with van der Waals surface area (Å²) >= 11 is 0. The van der Waals surface area contributed by atoms with Crippen LogP contribution in [0.5, 0.6) is 0 Å². The molecule has 8 heteroatoms. The van der Waals surface area contributed by atoms with E-state index in [1.54, 1.807) is 12.1 Å². The predicted octanol–water partition coefficient (Wildman–Crippen LogP) is 1.43. The standard InChI is InChI=1S/C15H22N4O4/c16-15(12-6-1-2-7-13(12)19(21)22)17-23-11-5-10-18-9-4-3-8-14(18)20/h1-2,6-7,14,20H,3-5,8-11H2,(H2,16,17). The first-order valence-corrected chi connectivity index (χ1v) is 7.71. The molecule has 0 amide bonds. The number of likely N-dealkylation sites (tertiary alicyclic amines) is 1. The van der Waals surface area contributed by atoms with Crippen molar-refractivity contribution in [3.05, 3.63) is 39.9 Å². The maximum Gasteiger partial charge on any atom is 0.280 e. The van der Waals surface area contributed by atoms with Crippen LogP contribution in [-0.4, -0.2) is 46.7 Å². The largest absolute Gasteiger partial charge is 0.394 e. The molecule has 2 rings (SSSR count). The predicted molar refractivity (Wildman–Crippen MR) is 85.8 cm³/mol. The minimum Gasteiger partial charge on any atom is -0.394 e. The molecular formula is C15H22N4O4. The van der Waals surface area contributed by atoms with Gasteiger partial charge >= 0.3 is 0 Å². The van der Waals surface area contributed by atoms with E-state index >= 15 is 0 Å². The molecule has 1 aliphatic heterocycles. The van der Waals surface area contributed by atoms with Crippen LogP contribution in [0.15, 0.2) is 29.4 Å². The molecule has 0 aliphatic carbocycles. The summed E-state index contributed by atoms with van der Waals surface area (Å²) in [7, 11) is 0. The number of piperidine rings is 1. The van der Waals surface area contributed by atoms with Crippen LogP contribution >= 0.6 is 0 Å². The summed E-state index contributed by atoms with van der Waals surface area (Å²) in [5, 5.41) is 24.5. The first-order chi connectivity index (χ1) is 11.1. The molecule has 8 nitrogen and oxygen atoms in total. The molecule has 1 heterocycles. The summed E-state index contributed by atoms with van der Waals surface area (Å²) in [5.74, 6) is -0.0182. The number of rotatable bonds is 7. The van der Waals surface area contributed by atoms with Gasteiger partial charge in [0.2, 0.25) is 0 Å². The van der Waals surface area contributed by atoms with Gasteiger partial charge in [0.1, 0.15) is 12.8 Å². The van der Waals surface area contributed by atoms with Crippen molar-refractivity contribution in [3.63, 3.8) is 0 Å². The van der Waals surface area contributed by atoms with Crippen LogP contribution in [0.25, 0.3) is 0 Å². The molecule has 3 N–H and O–H groups in total. The number of aliphatic hydroxyl groups excluding tert-OH is 1. The van der Waals surface area contributed by atoms with Crippen molar-refractivity contribution in [2.24, 2.45) is 10.9 Å². The number of oxime groups is 1. The Hall–Kier alpha value is -2.19. The highest BCUT2D eigenvalue weighted by Gasteiger charge is 2.19. The van der Waals surface area contributed by atoms with Crippen LogP contribution in [0, 0.1) is 10.1 Å². The van der Waals surface area contributed by atoms with Crippen molar-refractivity contribution in [2.75, 3.05) is 19.7 Å². The fourth-order valence-electron chi connectivity index (χ4n) is 2.58. The van der Waals surface area contributed by atoms with Gasteiger partial charge in [-0.2, -0.15) is 0 Å². The molecule has 1 unspecified atom stereocenters. The summed E-state index contributed by atoms with van der Waals surface area (Å²) in [6.45, 7) is 1.95. The smallest absolute Gasteiger partial charge is 0.280 e. The maximum atomic E-state index is 10.9. The van der Waals surface area contributed by atoms with Gasteiger partial charge in [-0.25, -0.2) is 0 Å². The van der Waals surface area contributed by atoms with Gasteiger partial charge < -0.3 is 15.7 Å². The van der Waals surface area contributed by atoms with E-state index in [2.05, 4.69) is 5.16 Å². The van der Waals surface area contributed by atoms with Gasteiger partial charge in [0.25, 0.3) is 5.69 Å². The molecular weight excluding hydrogens is 300 g/mol. The third-order valence-corrected chi connectivity index (χ3v) is 3.80. The third kappa shape index (κ3) is 4.90. The SMILES string of the molecule is NC(=NOCCCN1CCCCC1O)c1ccccc1[N+](=O)[O-]. The van der Waals surface area contributed by atoms with E-state index in [0.29, 0.717) is 13.0 Å². The lowest BCUT2D eigenvalue weighted by atomic mass is 10.1. The molecule has 0 bridgehead atoms. The minimum atomic E-state index is -0.505. The highest BCUT2D eigenvalue weighted by atomic mass is 16.6. The molecule has 0 aromatic heterocycles. The first kappa shape index (κ1) is 17.2. The van der Waals surface area contributed by atoms with Gasteiger partial charge in [-0.05, 0) is 31.7 Å². The Bertz CT molecular complexity index is 564. The zero-order chi connectivity index (χ0) is 16.7. The Balaban J connectivity index is 1.80. The van der Waals surface area contributed by atoms with Crippen molar-refractivity contribution in [1.82, 2.24) is 4.90 Å². The first-order valence-electron chi connectivity index (χ1n) is 7.71. The number of para-hydroxylation sites is 1. The monoisotopic (exact) mass is 322 g/mol. The lowest BCUT2D eigenvalue weighted by Crippen LogP contribution is -2.40. The normalized spacial score (nSPS) is 19.5. The summed E-state index contributed by atoms with van der Waals surface area (Å²) in [6, 6.07) is 6.13. The highest BCUT2D eigenvalue weighted by molar-refractivity contribution is 6.00. The molecule has 1 aromatic rings. The number of nitrogens with zero attached hydrogens (tertiary/aromatic N) is 3. The molecule has 0 spiro atoms. The number of aliphatic hydroxyl groups is 1. The number of hydrogen-bond donors (Lipinski definition) is 2. The molecule has 1 fully saturated rings. The third-order valence-electron chi connectivity index (χ3n) is 3.80. The van der Waals surface area contributed by atoms with Gasteiger partial charge in [0, 0.05) is 19.2 Å². The van der Waals surface area contributed by atoms with Crippen molar-refractivity contribution >= 4 is 11.5 Å². The van der Waals surface area contributed by atoms with E-state index < -0.39 is 4.92 Å². The van der Waals surface area contributed by atoms with Crippen LogP contribution in [0.2, 0.25) is 0 Å². The number of amidine groups is 1. The molecule has 1 aromatic carbocycles. The van der Waals surface area contributed by atoms with Crippen LogP contribution in [-0.2, 0) is 4.84 Å². The number of hydrogen-bond acceptors (Lipinski definition) is 6. The highest BCUT2D eigenvalue weighted by Crippen LogP contribution is 2.17. The molecule has 0 saturated carbocycles. The zero-order valence-corrected chi connectivity index (χ0v) is 12.9. The van der Waals surface area contributed by atoms with Gasteiger partial charge in [-0.1, -0.05) is 17.3 Å². The summed E-state index contributed by atoms with van der Waals surface area (Å²) in [6.07, 6.45) is 3.30. The number of nitro benzene ring substituents is 1. The Morgan fingerprint density at radius 3 is 3.00 bits per heavy atom. The van der Waals surface area contributed by atoms with E-state index in [-0.39, 0.29) is 23.3 Å². The second-order valence-corrected chi connectivity index (χ2v) is 5.45. The fraction of sp³-hybridized carbons (Fsp3) is 0.533. The lowest BCUT2D eigenvalue weighted by Gasteiger charge is -2.31. The topological polar surface area (TPSA) is 114 Å². The summed E-state index contributed by atoms with van der Waals surface area (Å²) < 4.78 is 0. The van der Waals surface area contributed by atoms with E-state index in [4.69, 9.17) is 10.6 Å². The molecule has 1 atom stereocenters. The van der Waals surface area contributed by atoms with Crippen LogP contribution in [0.3, 0.4) is 0 Å². The van der Waals surface area contributed by atoms with Crippen molar-refractivity contribution < 1.29 is 14.9 Å². The second-order valence-electron chi connectivity index (χ2n) is 5.45. The summed E-state index contributed by atoms with van der Waals surface area (Å²) in [5.41, 5.74) is 5.89. The van der Waals surface area contributed by atoms with Crippen molar-refractivity contribution in [1.29, 1.82) is 0 Å². The van der Waals surface area contributed by atoms with Crippen LogP contribution < -0.4 is 5.73 Å². The second kappa shape index (κ2) is 8.44. The zero-order valence-electron chi connectivity index (χ0n) is 12.9. The average Bonchev–Trinajstić information content (AvgIpc) is 2.56. The van der Waals surface area contributed by atoms with E-state index in [0.717, 1.165) is 32.4 Å². The molecule has 23 heavy (non-hydrogen) atoms. The van der Waals surface area contributed by atoms with E-state index in [9.17, 15) is 15.2 Å². The molecule has 1 aliphatic rings. The minimum absolute atomic E-state index is 0.0182. The molecule has 0 radical (unpaired) electrons. The quantitative estimate of drug-likeness (QED) is 0.258. The van der Waals surface area contributed by atoms with Crippen molar-refractivity contribution in [3.8, 4) is 0 Å². The molecule has 126 valence electrons. The van der Waals surface area contributed by atoms with Crippen LogP contribution in [0.4, 0.5) is 5.69 Å². The number of nitrogens with two attached hydrogens (primary N) is 1. The van der Waals surface area contributed by atoms with Gasteiger partial charge in [-0.15, -0.1) is 0 Å². The maximum absolute atomic E-state index is 10.9. The lowest BCUT2D eigenvalue weighted by molar-refractivity contribution is -0.385. The Morgan fingerprint density at radius 2 is 2.26 bits per heavy atom. The average molecular weight is 322 g/mol. The van der Waals surface area contributed by atoms with E-state index in [1.807, 2.05) is 4.90 Å². The van der Waals surface area contributed by atoms with Gasteiger partial charge in [0.05, 0.1) is 10.5 Å². The fourth-order valence-corrected chi connectivity index (χ4v) is 2.58. The number of nitro groups is 1. The van der Waals surface area contributed by atoms with Gasteiger partial charge in [-0.3, -0.25) is 15.0 Å². The van der Waals surface area contributed by atoms with E-state index in [1.165, 1.54) is 12.1 Å². The summed E-state index contributed by atoms with van der Waals surface area (Å²) in [4.78, 5) is 17.6. The van der Waals surface area contributed by atoms with Gasteiger partial charge in [0.15, 0.2) is 5.84 Å². The Morgan fingerprint density at radius 1 is 1.48 bits per heavy atom.